The van der Waals surface area contributed by atoms with Gasteiger partial charge in [-0.3, -0.25) is 9.59 Å². The molecule has 23 heavy (non-hydrogen) atoms. The average molecular weight is 340 g/mol. The first kappa shape index (κ1) is 19.5. The maximum Gasteiger partial charge on any atom is 0.251 e. The zero-order valence-corrected chi connectivity index (χ0v) is 14.8. The summed E-state index contributed by atoms with van der Waals surface area (Å²) in [7, 11) is 0. The molecule has 0 unspecified atom stereocenters. The van der Waals surface area contributed by atoms with Crippen LogP contribution < -0.4 is 16.0 Å². The van der Waals surface area contributed by atoms with Crippen LogP contribution in [0.4, 0.5) is 5.69 Å². The molecule has 128 valence electrons. The number of piperidine rings is 1. The highest BCUT2D eigenvalue weighted by atomic mass is 35.5. The number of anilines is 1. The molecule has 0 saturated carbocycles. The molecule has 2 amide bonds. The second-order valence-electron chi connectivity index (χ2n) is 6.17. The van der Waals surface area contributed by atoms with Gasteiger partial charge in [-0.15, -0.1) is 12.4 Å². The first-order chi connectivity index (χ1) is 10.5. The molecule has 0 bridgehead atoms. The zero-order valence-electron chi connectivity index (χ0n) is 13.9. The van der Waals surface area contributed by atoms with Crippen molar-refractivity contribution in [3.63, 3.8) is 0 Å². The lowest BCUT2D eigenvalue weighted by molar-refractivity contribution is -0.120. The Morgan fingerprint density at radius 1 is 1.22 bits per heavy atom. The maximum absolute atomic E-state index is 12.2. The van der Waals surface area contributed by atoms with Crippen molar-refractivity contribution < 1.29 is 9.59 Å². The maximum atomic E-state index is 12.2. The summed E-state index contributed by atoms with van der Waals surface area (Å²) in [5.74, 6) is 0.0643. The molecule has 1 aliphatic heterocycles. The van der Waals surface area contributed by atoms with Gasteiger partial charge in [0.2, 0.25) is 5.91 Å². The van der Waals surface area contributed by atoms with Crippen LogP contribution >= 0.6 is 12.4 Å². The van der Waals surface area contributed by atoms with Crippen molar-refractivity contribution in [2.75, 3.05) is 18.4 Å². The fourth-order valence-corrected chi connectivity index (χ4v) is 2.66. The van der Waals surface area contributed by atoms with E-state index in [0.29, 0.717) is 5.56 Å². The van der Waals surface area contributed by atoms with Crippen molar-refractivity contribution in [2.45, 2.75) is 39.7 Å². The van der Waals surface area contributed by atoms with Gasteiger partial charge in [-0.1, -0.05) is 0 Å². The Labute approximate surface area is 144 Å². The van der Waals surface area contributed by atoms with Crippen molar-refractivity contribution in [1.82, 2.24) is 10.6 Å². The monoisotopic (exact) mass is 339 g/mol. The molecule has 1 aromatic carbocycles. The van der Waals surface area contributed by atoms with E-state index >= 15 is 0 Å². The van der Waals surface area contributed by atoms with Crippen molar-refractivity contribution in [2.24, 2.45) is 5.92 Å². The summed E-state index contributed by atoms with van der Waals surface area (Å²) < 4.78 is 0. The van der Waals surface area contributed by atoms with E-state index < -0.39 is 0 Å². The minimum absolute atomic E-state index is 0. The fraction of sp³-hybridized carbons (Fsp3) is 0.529. The second kappa shape index (κ2) is 8.89. The minimum atomic E-state index is -0.0799. The number of halogens is 1. The lowest BCUT2D eigenvalue weighted by Gasteiger charge is -2.22. The van der Waals surface area contributed by atoms with Crippen molar-refractivity contribution in [3.05, 3.63) is 29.3 Å². The van der Waals surface area contributed by atoms with Crippen molar-refractivity contribution >= 4 is 29.9 Å². The molecule has 1 saturated heterocycles. The first-order valence-electron chi connectivity index (χ1n) is 7.90. The molecule has 0 aromatic heterocycles. The predicted molar refractivity (Wildman–Crippen MR) is 95.3 cm³/mol. The molecular formula is C17H26ClN3O2. The first-order valence-corrected chi connectivity index (χ1v) is 7.90. The third kappa shape index (κ3) is 5.52. The highest BCUT2D eigenvalue weighted by Gasteiger charge is 2.21. The Morgan fingerprint density at radius 2 is 1.87 bits per heavy atom. The Bertz CT molecular complexity index is 555. The largest absolute Gasteiger partial charge is 0.350 e. The Balaban J connectivity index is 0.00000264. The van der Waals surface area contributed by atoms with Crippen LogP contribution in [0.3, 0.4) is 0 Å². The van der Waals surface area contributed by atoms with Gasteiger partial charge in [0.15, 0.2) is 0 Å². The lowest BCUT2D eigenvalue weighted by atomic mass is 9.97. The van der Waals surface area contributed by atoms with E-state index in [0.717, 1.165) is 37.2 Å². The van der Waals surface area contributed by atoms with Gasteiger partial charge in [0.1, 0.15) is 0 Å². The summed E-state index contributed by atoms with van der Waals surface area (Å²) in [5, 5.41) is 9.09. The summed E-state index contributed by atoms with van der Waals surface area (Å²) >= 11 is 0. The van der Waals surface area contributed by atoms with Crippen LogP contribution in [-0.4, -0.2) is 30.9 Å². The standard InChI is InChI=1S/C17H25N3O2.ClH/c1-11(2)19-17(22)15-5-4-14(10-12(15)3)20-16(21)13-6-8-18-9-7-13;/h4-5,10-11,13,18H,6-9H2,1-3H3,(H,19,22)(H,20,21);1H. The molecule has 2 rings (SSSR count). The van der Waals surface area contributed by atoms with Gasteiger partial charge >= 0.3 is 0 Å². The molecule has 1 fully saturated rings. The molecule has 0 atom stereocenters. The SMILES string of the molecule is Cc1cc(NC(=O)C2CCNCC2)ccc1C(=O)NC(C)C.Cl. The van der Waals surface area contributed by atoms with Gasteiger partial charge in [-0.25, -0.2) is 0 Å². The third-order valence-corrected chi connectivity index (χ3v) is 3.87. The van der Waals surface area contributed by atoms with E-state index in [9.17, 15) is 9.59 Å². The lowest BCUT2D eigenvalue weighted by Crippen LogP contribution is -2.34. The Morgan fingerprint density at radius 3 is 2.43 bits per heavy atom. The average Bonchev–Trinajstić information content (AvgIpc) is 2.47. The predicted octanol–water partition coefficient (Wildman–Crippen LogP) is 2.49. The molecule has 6 heteroatoms. The van der Waals surface area contributed by atoms with E-state index in [1.807, 2.05) is 26.8 Å². The summed E-state index contributed by atoms with van der Waals surface area (Å²) in [6, 6.07) is 5.52. The van der Waals surface area contributed by atoms with Crippen LogP contribution in [0.2, 0.25) is 0 Å². The summed E-state index contributed by atoms with van der Waals surface area (Å²) in [6.45, 7) is 7.54. The van der Waals surface area contributed by atoms with Crippen LogP contribution in [-0.2, 0) is 4.79 Å². The number of carbonyl (C=O) groups is 2. The fourth-order valence-electron chi connectivity index (χ4n) is 2.66. The number of benzene rings is 1. The molecule has 5 nitrogen and oxygen atoms in total. The van der Waals surface area contributed by atoms with Crippen molar-refractivity contribution in [1.29, 1.82) is 0 Å². The highest BCUT2D eigenvalue weighted by molar-refractivity contribution is 5.97. The number of hydrogen-bond acceptors (Lipinski definition) is 3. The molecule has 0 spiro atoms. The molecule has 0 radical (unpaired) electrons. The number of nitrogens with one attached hydrogen (secondary N) is 3. The van der Waals surface area contributed by atoms with Gasteiger partial charge in [-0.05, 0) is 70.5 Å². The van der Waals surface area contributed by atoms with Crippen molar-refractivity contribution in [3.8, 4) is 0 Å². The molecule has 1 heterocycles. The van der Waals surface area contributed by atoms with E-state index in [1.165, 1.54) is 0 Å². The number of carbonyl (C=O) groups excluding carboxylic acids is 2. The highest BCUT2D eigenvalue weighted by Crippen LogP contribution is 2.18. The molecule has 1 aromatic rings. The van der Waals surface area contributed by atoms with Gasteiger partial charge < -0.3 is 16.0 Å². The molecule has 1 aliphatic rings. The number of aryl methyl sites for hydroxylation is 1. The Kier molecular flexibility index (Phi) is 7.52. The molecule has 3 N–H and O–H groups in total. The van der Waals surface area contributed by atoms with Crippen LogP contribution in [0.1, 0.15) is 42.6 Å². The summed E-state index contributed by atoms with van der Waals surface area (Å²) in [4.78, 5) is 24.3. The van der Waals surface area contributed by atoms with E-state index in [4.69, 9.17) is 0 Å². The smallest absolute Gasteiger partial charge is 0.251 e. The van der Waals surface area contributed by atoms with Gasteiger partial charge in [0.25, 0.3) is 5.91 Å². The summed E-state index contributed by atoms with van der Waals surface area (Å²) in [5.41, 5.74) is 2.26. The van der Waals surface area contributed by atoms with E-state index in [2.05, 4.69) is 16.0 Å². The van der Waals surface area contributed by atoms with Gasteiger partial charge in [0, 0.05) is 23.2 Å². The van der Waals surface area contributed by atoms with Gasteiger partial charge in [0.05, 0.1) is 0 Å². The second-order valence-corrected chi connectivity index (χ2v) is 6.17. The van der Waals surface area contributed by atoms with Crippen LogP contribution in [0, 0.1) is 12.8 Å². The van der Waals surface area contributed by atoms with Gasteiger partial charge in [-0.2, -0.15) is 0 Å². The Hall–Kier alpha value is -1.59. The van der Waals surface area contributed by atoms with E-state index in [1.54, 1.807) is 12.1 Å². The summed E-state index contributed by atoms with van der Waals surface area (Å²) in [6.07, 6.45) is 1.75. The third-order valence-electron chi connectivity index (χ3n) is 3.87. The van der Waals surface area contributed by atoms with Crippen LogP contribution in [0.25, 0.3) is 0 Å². The normalized spacial score (nSPS) is 15.0. The van der Waals surface area contributed by atoms with Crippen LogP contribution in [0.15, 0.2) is 18.2 Å². The number of rotatable bonds is 4. The number of hydrogen-bond donors (Lipinski definition) is 3. The minimum Gasteiger partial charge on any atom is -0.350 e. The molecule has 0 aliphatic carbocycles. The zero-order chi connectivity index (χ0) is 16.1. The number of amides is 2. The van der Waals surface area contributed by atoms with E-state index in [-0.39, 0.29) is 36.2 Å². The molecular weight excluding hydrogens is 314 g/mol. The topological polar surface area (TPSA) is 70.2 Å². The van der Waals surface area contributed by atoms with Crippen LogP contribution in [0.5, 0.6) is 0 Å². The quantitative estimate of drug-likeness (QED) is 0.789.